The molecule has 0 atom stereocenters. The van der Waals surface area contributed by atoms with Gasteiger partial charge in [-0.1, -0.05) is 43.2 Å². The zero-order chi connectivity index (χ0) is 23.2. The summed E-state index contributed by atoms with van der Waals surface area (Å²) in [6, 6.07) is 14.8. The number of benzene rings is 2. The average Bonchev–Trinajstić information content (AvgIpc) is 3.27. The van der Waals surface area contributed by atoms with E-state index in [1.807, 2.05) is 24.3 Å². The number of anilines is 1. The summed E-state index contributed by atoms with van der Waals surface area (Å²) >= 11 is 1.35. The van der Waals surface area contributed by atoms with Crippen molar-refractivity contribution in [1.29, 1.82) is 0 Å². The monoisotopic (exact) mass is 464 g/mol. The van der Waals surface area contributed by atoms with Crippen molar-refractivity contribution in [2.24, 2.45) is 0 Å². The summed E-state index contributed by atoms with van der Waals surface area (Å²) in [6.45, 7) is 1.51. The van der Waals surface area contributed by atoms with Gasteiger partial charge in [0.05, 0.1) is 12.9 Å². The number of rotatable bonds is 8. The number of hydrogen-bond acceptors (Lipinski definition) is 6. The van der Waals surface area contributed by atoms with Crippen molar-refractivity contribution in [3.8, 4) is 11.4 Å². The fourth-order valence-electron chi connectivity index (χ4n) is 4.12. The van der Waals surface area contributed by atoms with Gasteiger partial charge in [0.2, 0.25) is 5.91 Å². The van der Waals surface area contributed by atoms with Crippen molar-refractivity contribution in [3.05, 3.63) is 59.9 Å². The van der Waals surface area contributed by atoms with Gasteiger partial charge in [0.25, 0.3) is 0 Å². The van der Waals surface area contributed by atoms with Gasteiger partial charge in [0, 0.05) is 22.9 Å². The van der Waals surface area contributed by atoms with Gasteiger partial charge in [-0.15, -0.1) is 10.2 Å². The molecule has 1 saturated carbocycles. The minimum absolute atomic E-state index is 0.0386. The largest absolute Gasteiger partial charge is 0.497 e. The van der Waals surface area contributed by atoms with Crippen LogP contribution >= 0.6 is 11.8 Å². The smallest absolute Gasteiger partial charge is 0.234 e. The number of methoxy groups -OCH3 is 1. The number of hydrogen-bond donors (Lipinski definition) is 1. The Morgan fingerprint density at radius 2 is 1.85 bits per heavy atom. The molecule has 1 N–H and O–H groups in total. The van der Waals surface area contributed by atoms with Crippen LogP contribution in [-0.4, -0.2) is 39.3 Å². The number of carbonyl (C=O) groups is 2. The molecule has 33 heavy (non-hydrogen) atoms. The Labute approximate surface area is 197 Å². The second-order valence-corrected chi connectivity index (χ2v) is 9.13. The molecule has 0 spiro atoms. The van der Waals surface area contributed by atoms with Crippen molar-refractivity contribution >= 4 is 29.1 Å². The highest BCUT2D eigenvalue weighted by atomic mass is 32.2. The van der Waals surface area contributed by atoms with E-state index in [1.165, 1.54) is 37.9 Å². The van der Waals surface area contributed by atoms with E-state index in [9.17, 15) is 9.59 Å². The number of ketones is 1. The molecule has 4 rings (SSSR count). The Morgan fingerprint density at radius 1 is 1.09 bits per heavy atom. The fourth-order valence-corrected chi connectivity index (χ4v) is 4.88. The van der Waals surface area contributed by atoms with E-state index in [0.717, 1.165) is 30.1 Å². The van der Waals surface area contributed by atoms with Crippen LogP contribution in [0.5, 0.6) is 5.75 Å². The van der Waals surface area contributed by atoms with Crippen molar-refractivity contribution in [2.45, 2.75) is 50.1 Å². The Morgan fingerprint density at radius 3 is 2.55 bits per heavy atom. The number of thioether (sulfide) groups is 1. The number of nitrogens with one attached hydrogen (secondary N) is 1. The van der Waals surface area contributed by atoms with Crippen LogP contribution in [0.4, 0.5) is 5.69 Å². The van der Waals surface area contributed by atoms with E-state index < -0.39 is 0 Å². The first-order chi connectivity index (χ1) is 16.0. The number of nitrogens with zero attached hydrogens (tertiary/aromatic N) is 3. The Bertz CT molecular complexity index is 1120. The molecule has 1 aromatic heterocycles. The summed E-state index contributed by atoms with van der Waals surface area (Å²) in [6.07, 6.45) is 5.87. The van der Waals surface area contributed by atoms with E-state index in [2.05, 4.69) is 20.1 Å². The third-order valence-corrected chi connectivity index (χ3v) is 6.77. The lowest BCUT2D eigenvalue weighted by atomic mass is 9.88. The molecule has 3 aromatic rings. The third-order valence-electron chi connectivity index (χ3n) is 5.84. The van der Waals surface area contributed by atoms with Crippen molar-refractivity contribution in [3.63, 3.8) is 0 Å². The molecule has 172 valence electrons. The first-order valence-corrected chi connectivity index (χ1v) is 12.2. The maximum atomic E-state index is 12.6. The second kappa shape index (κ2) is 10.7. The number of ether oxygens (including phenoxy) is 1. The highest BCUT2D eigenvalue weighted by Gasteiger charge is 2.24. The molecular formula is C25H28N4O3S. The molecule has 2 aromatic carbocycles. The lowest BCUT2D eigenvalue weighted by molar-refractivity contribution is -0.113. The first kappa shape index (κ1) is 23.0. The van der Waals surface area contributed by atoms with Crippen LogP contribution in [-0.2, 0) is 4.79 Å². The zero-order valence-electron chi connectivity index (χ0n) is 18.9. The summed E-state index contributed by atoms with van der Waals surface area (Å²) in [7, 11) is 1.65. The summed E-state index contributed by atoms with van der Waals surface area (Å²) in [5.41, 5.74) is 2.13. The van der Waals surface area contributed by atoms with E-state index in [-0.39, 0.29) is 17.4 Å². The van der Waals surface area contributed by atoms with Gasteiger partial charge in [-0.3, -0.25) is 14.2 Å². The van der Waals surface area contributed by atoms with Crippen LogP contribution in [0.25, 0.3) is 5.69 Å². The molecule has 1 heterocycles. The SMILES string of the molecule is COc1ccc(-n2c(SCC(=O)Nc3cccc(C(C)=O)c3)nnc2C2CCCCC2)cc1. The molecule has 0 radical (unpaired) electrons. The molecule has 0 aliphatic heterocycles. The Hall–Kier alpha value is -3.13. The Kier molecular flexibility index (Phi) is 7.44. The van der Waals surface area contributed by atoms with Crippen molar-refractivity contribution < 1.29 is 14.3 Å². The van der Waals surface area contributed by atoms with E-state index in [1.54, 1.807) is 31.4 Å². The second-order valence-electron chi connectivity index (χ2n) is 8.18. The van der Waals surface area contributed by atoms with Crippen LogP contribution < -0.4 is 10.1 Å². The summed E-state index contributed by atoms with van der Waals surface area (Å²) in [5, 5.41) is 12.5. The minimum Gasteiger partial charge on any atom is -0.497 e. The third kappa shape index (κ3) is 5.63. The molecule has 1 fully saturated rings. The van der Waals surface area contributed by atoms with E-state index in [0.29, 0.717) is 22.3 Å². The van der Waals surface area contributed by atoms with Crippen LogP contribution in [0, 0.1) is 0 Å². The predicted octanol–water partition coefficient (Wildman–Crippen LogP) is 5.26. The van der Waals surface area contributed by atoms with Gasteiger partial charge in [-0.25, -0.2) is 0 Å². The minimum atomic E-state index is -0.163. The summed E-state index contributed by atoms with van der Waals surface area (Å²) in [4.78, 5) is 24.2. The highest BCUT2D eigenvalue weighted by molar-refractivity contribution is 7.99. The van der Waals surface area contributed by atoms with E-state index in [4.69, 9.17) is 4.74 Å². The fraction of sp³-hybridized carbons (Fsp3) is 0.360. The molecule has 1 amide bonds. The van der Waals surface area contributed by atoms with Crippen molar-refractivity contribution in [2.75, 3.05) is 18.2 Å². The molecule has 0 saturated heterocycles. The molecule has 1 aliphatic carbocycles. The highest BCUT2D eigenvalue weighted by Crippen LogP contribution is 2.35. The summed E-state index contributed by atoms with van der Waals surface area (Å²) in [5.74, 6) is 2.09. The lowest BCUT2D eigenvalue weighted by Crippen LogP contribution is -2.15. The average molecular weight is 465 g/mol. The molecule has 0 unspecified atom stereocenters. The number of amides is 1. The van der Waals surface area contributed by atoms with Gasteiger partial charge in [0.15, 0.2) is 10.9 Å². The van der Waals surface area contributed by atoms with Gasteiger partial charge in [0.1, 0.15) is 11.6 Å². The Balaban J connectivity index is 1.53. The normalized spacial score (nSPS) is 14.1. The van der Waals surface area contributed by atoms with Gasteiger partial charge >= 0.3 is 0 Å². The van der Waals surface area contributed by atoms with Gasteiger partial charge in [-0.05, 0) is 56.2 Å². The predicted molar refractivity (Wildman–Crippen MR) is 130 cm³/mol. The lowest BCUT2D eigenvalue weighted by Gasteiger charge is -2.22. The van der Waals surface area contributed by atoms with Crippen LogP contribution in [0.3, 0.4) is 0 Å². The van der Waals surface area contributed by atoms with Crippen LogP contribution in [0.15, 0.2) is 53.7 Å². The number of carbonyl (C=O) groups excluding carboxylic acids is 2. The maximum absolute atomic E-state index is 12.6. The molecule has 8 heteroatoms. The molecular weight excluding hydrogens is 436 g/mol. The molecule has 7 nitrogen and oxygen atoms in total. The maximum Gasteiger partial charge on any atom is 0.234 e. The topological polar surface area (TPSA) is 86.1 Å². The number of Topliss-reactive ketones (excluding diaryl/α,β-unsaturated/α-hetero) is 1. The molecule has 0 bridgehead atoms. The number of aromatic nitrogens is 3. The van der Waals surface area contributed by atoms with Gasteiger partial charge in [-0.2, -0.15) is 0 Å². The van der Waals surface area contributed by atoms with Crippen LogP contribution in [0.2, 0.25) is 0 Å². The van der Waals surface area contributed by atoms with Crippen molar-refractivity contribution in [1.82, 2.24) is 14.8 Å². The van der Waals surface area contributed by atoms with Gasteiger partial charge < -0.3 is 10.1 Å². The van der Waals surface area contributed by atoms with Crippen LogP contribution in [0.1, 0.15) is 61.1 Å². The standard InChI is InChI=1S/C25H28N4O3S/c1-17(30)19-9-6-10-20(15-19)26-23(31)16-33-25-28-27-24(18-7-4-3-5-8-18)29(25)21-11-13-22(32-2)14-12-21/h6,9-15,18H,3-5,7-8,16H2,1-2H3,(H,26,31). The van der Waals surface area contributed by atoms with E-state index >= 15 is 0 Å². The summed E-state index contributed by atoms with van der Waals surface area (Å²) < 4.78 is 7.38. The molecule has 1 aliphatic rings. The first-order valence-electron chi connectivity index (χ1n) is 11.2. The quantitative estimate of drug-likeness (QED) is 0.362. The zero-order valence-corrected chi connectivity index (χ0v) is 19.7.